The predicted molar refractivity (Wildman–Crippen MR) is 92.3 cm³/mol. The van der Waals surface area contributed by atoms with Crippen molar-refractivity contribution in [3.05, 3.63) is 17.7 Å². The zero-order valence-corrected chi connectivity index (χ0v) is 14.1. The van der Waals surface area contributed by atoms with Crippen molar-refractivity contribution in [1.82, 2.24) is 19.8 Å². The van der Waals surface area contributed by atoms with E-state index >= 15 is 0 Å². The van der Waals surface area contributed by atoms with E-state index in [0.29, 0.717) is 5.92 Å². The lowest BCUT2D eigenvalue weighted by Crippen LogP contribution is -2.34. The molecule has 0 amide bonds. The number of ether oxygens (including phenoxy) is 1. The summed E-state index contributed by atoms with van der Waals surface area (Å²) in [4.78, 5) is 7.04. The molecule has 1 aromatic carbocycles. The van der Waals surface area contributed by atoms with E-state index in [4.69, 9.17) is 9.72 Å². The Kier molecular flexibility index (Phi) is 3.66. The zero-order chi connectivity index (χ0) is 16.0. The second-order valence-corrected chi connectivity index (χ2v) is 6.97. The highest BCUT2D eigenvalue weighted by molar-refractivity contribution is 5.85. The number of nitrogens with zero attached hydrogens (tertiary/aromatic N) is 3. The minimum absolute atomic E-state index is 0.223. The zero-order valence-electron chi connectivity index (χ0n) is 14.1. The highest BCUT2D eigenvalue weighted by Gasteiger charge is 2.29. The lowest BCUT2D eigenvalue weighted by Gasteiger charge is -2.27. The average Bonchev–Trinajstić information content (AvgIpc) is 3.06. The molecule has 6 nitrogen and oxygen atoms in total. The summed E-state index contributed by atoms with van der Waals surface area (Å²) < 4.78 is 8.43. The molecular weight excluding hydrogens is 290 g/mol. The van der Waals surface area contributed by atoms with E-state index in [0.717, 1.165) is 49.8 Å². The maximum absolute atomic E-state index is 6.07. The molecule has 0 radical (unpaired) electrons. The molecule has 0 spiro atoms. The Hall–Kier alpha value is -1.79. The van der Waals surface area contributed by atoms with Crippen LogP contribution in [0.3, 0.4) is 0 Å². The van der Waals surface area contributed by atoms with Crippen LogP contribution >= 0.6 is 0 Å². The van der Waals surface area contributed by atoms with Crippen LogP contribution in [0, 0.1) is 5.92 Å². The van der Waals surface area contributed by atoms with Crippen LogP contribution in [-0.2, 0) is 13.0 Å². The van der Waals surface area contributed by atoms with Gasteiger partial charge in [0.05, 0.1) is 11.0 Å². The maximum Gasteiger partial charge on any atom is 0.203 e. The second-order valence-electron chi connectivity index (χ2n) is 6.97. The highest BCUT2D eigenvalue weighted by atomic mass is 16.5. The van der Waals surface area contributed by atoms with Gasteiger partial charge in [0.2, 0.25) is 5.95 Å². The van der Waals surface area contributed by atoms with Crippen LogP contribution in [0.4, 0.5) is 5.95 Å². The van der Waals surface area contributed by atoms with Crippen molar-refractivity contribution < 1.29 is 4.74 Å². The van der Waals surface area contributed by atoms with Crippen LogP contribution in [0.5, 0.6) is 5.75 Å². The fourth-order valence-corrected chi connectivity index (χ4v) is 3.89. The second kappa shape index (κ2) is 5.69. The van der Waals surface area contributed by atoms with E-state index in [9.17, 15) is 0 Å². The van der Waals surface area contributed by atoms with Gasteiger partial charge >= 0.3 is 0 Å². The van der Waals surface area contributed by atoms with Crippen LogP contribution in [0.1, 0.15) is 5.56 Å². The van der Waals surface area contributed by atoms with Gasteiger partial charge in [-0.3, -0.25) is 0 Å². The summed E-state index contributed by atoms with van der Waals surface area (Å²) >= 11 is 0. The van der Waals surface area contributed by atoms with Crippen LogP contribution in [0.2, 0.25) is 0 Å². The first-order valence-electron chi connectivity index (χ1n) is 8.37. The monoisotopic (exact) mass is 315 g/mol. The van der Waals surface area contributed by atoms with Crippen molar-refractivity contribution >= 4 is 17.0 Å². The summed E-state index contributed by atoms with van der Waals surface area (Å²) in [6, 6.07) is 4.16. The van der Waals surface area contributed by atoms with Crippen LogP contribution in [0.25, 0.3) is 11.0 Å². The highest BCUT2D eigenvalue weighted by Crippen LogP contribution is 2.37. The molecule has 2 atom stereocenters. The molecule has 4 rings (SSSR count). The Morgan fingerprint density at radius 2 is 2.30 bits per heavy atom. The third kappa shape index (κ3) is 2.56. The largest absolute Gasteiger partial charge is 0.488 e. The molecule has 0 fully saturated rings. The Balaban J connectivity index is 1.72. The van der Waals surface area contributed by atoms with Crippen LogP contribution in [0.15, 0.2) is 12.1 Å². The van der Waals surface area contributed by atoms with Crippen molar-refractivity contribution in [2.45, 2.75) is 19.1 Å². The van der Waals surface area contributed by atoms with E-state index in [1.54, 1.807) is 0 Å². The molecular formula is C17H25N5O. The van der Waals surface area contributed by atoms with Gasteiger partial charge in [0, 0.05) is 44.1 Å². The van der Waals surface area contributed by atoms with Gasteiger partial charge in [-0.25, -0.2) is 4.98 Å². The topological polar surface area (TPSA) is 54.4 Å². The SMILES string of the molecule is CNCC1Cc2c(ccc3nc4n(c23)CC(CN(C)C)CN4)O1. The lowest BCUT2D eigenvalue weighted by atomic mass is 10.1. The van der Waals surface area contributed by atoms with Gasteiger partial charge in [-0.1, -0.05) is 0 Å². The van der Waals surface area contributed by atoms with Crippen molar-refractivity contribution in [2.24, 2.45) is 5.92 Å². The first kappa shape index (κ1) is 14.8. The van der Waals surface area contributed by atoms with Gasteiger partial charge in [-0.05, 0) is 33.3 Å². The Morgan fingerprint density at radius 1 is 1.43 bits per heavy atom. The maximum atomic E-state index is 6.07. The molecule has 23 heavy (non-hydrogen) atoms. The van der Waals surface area contributed by atoms with Gasteiger partial charge in [0.15, 0.2) is 0 Å². The molecule has 124 valence electrons. The standard InChI is InChI=1S/C17H25N5O/c1-18-8-12-6-13-15(23-12)5-4-14-16(13)22-10-11(9-21(2)3)7-19-17(22)20-14/h4-5,11-12,18H,6-10H2,1-3H3,(H,19,20). The number of likely N-dealkylation sites (N-methyl/N-ethyl adjacent to an activating group) is 1. The molecule has 2 aliphatic heterocycles. The summed E-state index contributed by atoms with van der Waals surface area (Å²) in [5, 5.41) is 6.72. The van der Waals surface area contributed by atoms with Crippen LogP contribution < -0.4 is 15.4 Å². The number of aromatic nitrogens is 2. The molecule has 1 aromatic heterocycles. The van der Waals surface area contributed by atoms with Crippen molar-refractivity contribution in [3.8, 4) is 5.75 Å². The number of hydrogen-bond donors (Lipinski definition) is 2. The summed E-state index contributed by atoms with van der Waals surface area (Å²) in [6.07, 6.45) is 1.18. The lowest BCUT2D eigenvalue weighted by molar-refractivity contribution is 0.231. The summed E-state index contributed by atoms with van der Waals surface area (Å²) in [7, 11) is 6.24. The van der Waals surface area contributed by atoms with Crippen LogP contribution in [-0.4, -0.2) is 61.3 Å². The number of benzene rings is 1. The van der Waals surface area contributed by atoms with Crippen molar-refractivity contribution in [2.75, 3.05) is 46.1 Å². The number of rotatable bonds is 4. The normalized spacial score (nSPS) is 22.8. The summed E-state index contributed by atoms with van der Waals surface area (Å²) in [6.45, 7) is 3.96. The van der Waals surface area contributed by atoms with Gasteiger partial charge in [-0.15, -0.1) is 0 Å². The molecule has 2 aliphatic rings. The van der Waals surface area contributed by atoms with E-state index in [2.05, 4.69) is 46.3 Å². The Labute approximate surface area is 136 Å². The molecule has 0 saturated heterocycles. The van der Waals surface area contributed by atoms with E-state index in [1.165, 1.54) is 11.1 Å². The number of anilines is 1. The quantitative estimate of drug-likeness (QED) is 0.887. The molecule has 6 heteroatoms. The third-order valence-corrected chi connectivity index (χ3v) is 4.74. The molecule has 2 unspecified atom stereocenters. The number of hydrogen-bond acceptors (Lipinski definition) is 5. The smallest absolute Gasteiger partial charge is 0.203 e. The van der Waals surface area contributed by atoms with Gasteiger partial charge in [0.1, 0.15) is 11.9 Å². The van der Waals surface area contributed by atoms with Gasteiger partial charge < -0.3 is 24.8 Å². The molecule has 0 saturated carbocycles. The molecule has 3 heterocycles. The Bertz CT molecular complexity index is 723. The van der Waals surface area contributed by atoms with Gasteiger partial charge in [0.25, 0.3) is 0 Å². The molecule has 2 aromatic rings. The fraction of sp³-hybridized carbons (Fsp3) is 0.588. The first-order valence-corrected chi connectivity index (χ1v) is 8.37. The minimum atomic E-state index is 0.223. The van der Waals surface area contributed by atoms with Crippen molar-refractivity contribution in [1.29, 1.82) is 0 Å². The number of fused-ring (bicyclic) bond motifs is 5. The van der Waals surface area contributed by atoms with Crippen molar-refractivity contribution in [3.63, 3.8) is 0 Å². The number of imidazole rings is 1. The molecule has 2 N–H and O–H groups in total. The molecule has 0 aliphatic carbocycles. The van der Waals surface area contributed by atoms with Gasteiger partial charge in [-0.2, -0.15) is 0 Å². The summed E-state index contributed by atoms with van der Waals surface area (Å²) in [5.74, 6) is 2.62. The minimum Gasteiger partial charge on any atom is -0.488 e. The Morgan fingerprint density at radius 3 is 3.09 bits per heavy atom. The average molecular weight is 315 g/mol. The van der Waals surface area contributed by atoms with E-state index in [-0.39, 0.29) is 6.10 Å². The predicted octanol–water partition coefficient (Wildman–Crippen LogP) is 1.16. The number of nitrogens with one attached hydrogen (secondary N) is 2. The molecule has 0 bridgehead atoms. The third-order valence-electron chi connectivity index (χ3n) is 4.74. The van der Waals surface area contributed by atoms with E-state index < -0.39 is 0 Å². The first-order chi connectivity index (χ1) is 11.2. The van der Waals surface area contributed by atoms with E-state index in [1.807, 2.05) is 7.05 Å². The summed E-state index contributed by atoms with van der Waals surface area (Å²) in [5.41, 5.74) is 3.64. The fourth-order valence-electron chi connectivity index (χ4n) is 3.89.